The maximum absolute atomic E-state index is 2.71. The first-order valence-corrected chi connectivity index (χ1v) is 7.74. The van der Waals surface area contributed by atoms with Gasteiger partial charge in [0, 0.05) is 24.8 Å². The minimum absolute atomic E-state index is 0.641. The second-order valence-electron chi connectivity index (χ2n) is 6.48. The SMILES string of the molecule is CC(C)[C@@H]1C[C@H](N2CCCC2)c2ccccc2N1C. The van der Waals surface area contributed by atoms with E-state index in [0.717, 1.165) is 0 Å². The summed E-state index contributed by atoms with van der Waals surface area (Å²) in [6.07, 6.45) is 4.03. The minimum Gasteiger partial charge on any atom is -0.371 e. The third kappa shape index (κ3) is 2.27. The van der Waals surface area contributed by atoms with Crippen LogP contribution in [0.1, 0.15) is 44.7 Å². The number of likely N-dealkylation sites (tertiary alicyclic amines) is 1. The van der Waals surface area contributed by atoms with Crippen LogP contribution in [0.5, 0.6) is 0 Å². The average molecular weight is 258 g/mol. The van der Waals surface area contributed by atoms with E-state index in [-0.39, 0.29) is 0 Å². The molecule has 0 bridgehead atoms. The summed E-state index contributed by atoms with van der Waals surface area (Å²) in [4.78, 5) is 5.22. The molecule has 0 unspecified atom stereocenters. The first kappa shape index (κ1) is 13.0. The molecule has 104 valence electrons. The van der Waals surface area contributed by atoms with Crippen LogP contribution in [0.15, 0.2) is 24.3 Å². The summed E-state index contributed by atoms with van der Waals surface area (Å²) in [7, 11) is 2.27. The Bertz CT molecular complexity index is 435. The number of benzene rings is 1. The van der Waals surface area contributed by atoms with Crippen LogP contribution in [0.4, 0.5) is 5.69 Å². The van der Waals surface area contributed by atoms with Gasteiger partial charge in [0.15, 0.2) is 0 Å². The summed E-state index contributed by atoms with van der Waals surface area (Å²) in [5, 5.41) is 0. The van der Waals surface area contributed by atoms with Crippen LogP contribution in [0.25, 0.3) is 0 Å². The summed E-state index contributed by atoms with van der Waals surface area (Å²) < 4.78 is 0. The van der Waals surface area contributed by atoms with E-state index in [1.165, 1.54) is 38.0 Å². The van der Waals surface area contributed by atoms with Gasteiger partial charge in [0.2, 0.25) is 0 Å². The largest absolute Gasteiger partial charge is 0.371 e. The molecular weight excluding hydrogens is 232 g/mol. The zero-order chi connectivity index (χ0) is 13.4. The van der Waals surface area contributed by atoms with Crippen LogP contribution in [-0.2, 0) is 0 Å². The highest BCUT2D eigenvalue weighted by Crippen LogP contribution is 2.42. The van der Waals surface area contributed by atoms with E-state index >= 15 is 0 Å². The van der Waals surface area contributed by atoms with Gasteiger partial charge in [0.05, 0.1) is 0 Å². The maximum Gasteiger partial charge on any atom is 0.0414 e. The highest BCUT2D eigenvalue weighted by molar-refractivity contribution is 5.57. The van der Waals surface area contributed by atoms with Crippen molar-refractivity contribution in [3.05, 3.63) is 29.8 Å². The van der Waals surface area contributed by atoms with Gasteiger partial charge < -0.3 is 4.90 Å². The van der Waals surface area contributed by atoms with Crippen molar-refractivity contribution in [1.82, 2.24) is 4.90 Å². The van der Waals surface area contributed by atoms with Gasteiger partial charge in [-0.25, -0.2) is 0 Å². The molecule has 0 N–H and O–H groups in total. The lowest BCUT2D eigenvalue weighted by molar-refractivity contribution is 0.201. The lowest BCUT2D eigenvalue weighted by Gasteiger charge is -2.45. The number of nitrogens with zero attached hydrogens (tertiary/aromatic N) is 2. The first-order valence-electron chi connectivity index (χ1n) is 7.74. The lowest BCUT2D eigenvalue weighted by Crippen LogP contribution is -2.44. The van der Waals surface area contributed by atoms with Gasteiger partial charge in [-0.05, 0) is 49.9 Å². The van der Waals surface area contributed by atoms with Crippen LogP contribution in [-0.4, -0.2) is 31.1 Å². The topological polar surface area (TPSA) is 6.48 Å². The summed E-state index contributed by atoms with van der Waals surface area (Å²) in [6.45, 7) is 7.29. The molecule has 1 aromatic carbocycles. The quantitative estimate of drug-likeness (QED) is 0.798. The molecule has 0 spiro atoms. The predicted octanol–water partition coefficient (Wildman–Crippen LogP) is 3.69. The van der Waals surface area contributed by atoms with Gasteiger partial charge in [-0.3, -0.25) is 4.90 Å². The Hall–Kier alpha value is -1.02. The number of hydrogen-bond donors (Lipinski definition) is 0. The van der Waals surface area contributed by atoms with Crippen LogP contribution in [0, 0.1) is 5.92 Å². The Morgan fingerprint density at radius 3 is 2.47 bits per heavy atom. The molecule has 0 radical (unpaired) electrons. The molecule has 2 nitrogen and oxygen atoms in total. The van der Waals surface area contributed by atoms with Gasteiger partial charge in [0.25, 0.3) is 0 Å². The van der Waals surface area contributed by atoms with Gasteiger partial charge in [-0.2, -0.15) is 0 Å². The average Bonchev–Trinajstić information content (AvgIpc) is 2.93. The lowest BCUT2D eigenvalue weighted by atomic mass is 9.85. The number of rotatable bonds is 2. The second-order valence-corrected chi connectivity index (χ2v) is 6.48. The van der Waals surface area contributed by atoms with Crippen molar-refractivity contribution in [2.24, 2.45) is 5.92 Å². The van der Waals surface area contributed by atoms with E-state index in [1.807, 2.05) is 0 Å². The molecule has 2 heterocycles. The molecular formula is C17H26N2. The molecule has 2 heteroatoms. The van der Waals surface area contributed by atoms with Crippen LogP contribution in [0.3, 0.4) is 0 Å². The van der Waals surface area contributed by atoms with Crippen molar-refractivity contribution < 1.29 is 0 Å². The fourth-order valence-electron chi connectivity index (χ4n) is 3.90. The van der Waals surface area contributed by atoms with Crippen LogP contribution >= 0.6 is 0 Å². The molecule has 0 amide bonds. The molecule has 19 heavy (non-hydrogen) atoms. The number of anilines is 1. The molecule has 1 saturated heterocycles. The second kappa shape index (κ2) is 5.16. The predicted molar refractivity (Wildman–Crippen MR) is 81.6 cm³/mol. The van der Waals surface area contributed by atoms with E-state index in [4.69, 9.17) is 0 Å². The van der Waals surface area contributed by atoms with E-state index in [1.54, 1.807) is 5.56 Å². The van der Waals surface area contributed by atoms with Crippen molar-refractivity contribution in [3.63, 3.8) is 0 Å². The zero-order valence-corrected chi connectivity index (χ0v) is 12.5. The van der Waals surface area contributed by atoms with Crippen LogP contribution < -0.4 is 4.90 Å². The standard InChI is InChI=1S/C17H26N2/c1-13(2)16-12-17(19-10-6-7-11-19)14-8-4-5-9-15(14)18(16)3/h4-5,8-9,13,16-17H,6-7,10-12H2,1-3H3/t16-,17-/m0/s1. The molecule has 1 aromatic rings. The summed E-state index contributed by atoms with van der Waals surface area (Å²) in [5.41, 5.74) is 2.99. The fraction of sp³-hybridized carbons (Fsp3) is 0.647. The molecule has 3 rings (SSSR count). The summed E-state index contributed by atoms with van der Waals surface area (Å²) in [6, 6.07) is 10.3. The monoisotopic (exact) mass is 258 g/mol. The smallest absolute Gasteiger partial charge is 0.0414 e. The zero-order valence-electron chi connectivity index (χ0n) is 12.5. The van der Waals surface area contributed by atoms with E-state index in [0.29, 0.717) is 18.0 Å². The van der Waals surface area contributed by atoms with Gasteiger partial charge in [-0.15, -0.1) is 0 Å². The van der Waals surface area contributed by atoms with Gasteiger partial charge in [-0.1, -0.05) is 32.0 Å². The fourth-order valence-corrected chi connectivity index (χ4v) is 3.90. The Labute approximate surface area is 117 Å². The highest BCUT2D eigenvalue weighted by atomic mass is 15.2. The minimum atomic E-state index is 0.641. The Balaban J connectivity index is 1.97. The normalized spacial score (nSPS) is 27.9. The Morgan fingerprint density at radius 1 is 1.11 bits per heavy atom. The number of fused-ring (bicyclic) bond motifs is 1. The van der Waals surface area contributed by atoms with E-state index in [9.17, 15) is 0 Å². The Kier molecular flexibility index (Phi) is 3.53. The van der Waals surface area contributed by atoms with Gasteiger partial charge >= 0.3 is 0 Å². The van der Waals surface area contributed by atoms with Crippen molar-refractivity contribution >= 4 is 5.69 Å². The first-order chi connectivity index (χ1) is 9.18. The summed E-state index contributed by atoms with van der Waals surface area (Å²) >= 11 is 0. The van der Waals surface area contributed by atoms with Crippen molar-refractivity contribution in [1.29, 1.82) is 0 Å². The summed E-state index contributed by atoms with van der Waals surface area (Å²) in [5.74, 6) is 0.712. The molecule has 0 aromatic heterocycles. The molecule has 2 aliphatic rings. The maximum atomic E-state index is 2.71. The molecule has 2 atom stereocenters. The third-order valence-corrected chi connectivity index (χ3v) is 4.99. The molecule has 2 aliphatic heterocycles. The molecule has 0 aliphatic carbocycles. The van der Waals surface area contributed by atoms with Gasteiger partial charge in [0.1, 0.15) is 0 Å². The Morgan fingerprint density at radius 2 is 1.79 bits per heavy atom. The van der Waals surface area contributed by atoms with Crippen molar-refractivity contribution in [3.8, 4) is 0 Å². The van der Waals surface area contributed by atoms with Crippen molar-refractivity contribution in [2.75, 3.05) is 25.0 Å². The number of hydrogen-bond acceptors (Lipinski definition) is 2. The number of para-hydroxylation sites is 1. The third-order valence-electron chi connectivity index (χ3n) is 4.99. The highest BCUT2D eigenvalue weighted by Gasteiger charge is 2.35. The van der Waals surface area contributed by atoms with E-state index in [2.05, 4.69) is 55.0 Å². The van der Waals surface area contributed by atoms with Crippen molar-refractivity contribution in [2.45, 2.75) is 45.2 Å². The van der Waals surface area contributed by atoms with E-state index < -0.39 is 0 Å². The molecule has 1 fully saturated rings. The van der Waals surface area contributed by atoms with Crippen LogP contribution in [0.2, 0.25) is 0 Å². The molecule has 0 saturated carbocycles.